The van der Waals surface area contributed by atoms with Crippen LogP contribution in [-0.2, 0) is 10.0 Å². The summed E-state index contributed by atoms with van der Waals surface area (Å²) in [7, 11) is -2.15. The number of nitrogens with one attached hydrogen (secondary N) is 2. The van der Waals surface area contributed by atoms with Crippen LogP contribution in [0.2, 0.25) is 10.0 Å². The van der Waals surface area contributed by atoms with E-state index in [-0.39, 0.29) is 44.6 Å². The first kappa shape index (κ1) is 22.3. The highest BCUT2D eigenvalue weighted by atomic mass is 35.5. The van der Waals surface area contributed by atoms with Crippen LogP contribution in [0.1, 0.15) is 23.7 Å². The molecule has 3 rings (SSSR count). The third-order valence-corrected chi connectivity index (χ3v) is 7.05. The summed E-state index contributed by atoms with van der Waals surface area (Å²) in [6, 6.07) is 2.86. The van der Waals surface area contributed by atoms with Gasteiger partial charge in [-0.3, -0.25) is 9.52 Å². The number of methoxy groups -OCH3 is 1. The van der Waals surface area contributed by atoms with Crippen molar-refractivity contribution in [2.24, 2.45) is 0 Å². The maximum atomic E-state index is 12.9. The number of hydrogen-bond acceptors (Lipinski definition) is 8. The van der Waals surface area contributed by atoms with E-state index in [4.69, 9.17) is 33.7 Å². The highest BCUT2D eigenvalue weighted by Crippen LogP contribution is 2.38. The second kappa shape index (κ2) is 8.80. The first-order valence-corrected chi connectivity index (χ1v) is 11.8. The second-order valence-electron chi connectivity index (χ2n) is 6.08. The number of ether oxygens (including phenoxy) is 1. The van der Waals surface area contributed by atoms with Crippen molar-refractivity contribution in [3.63, 3.8) is 0 Å². The number of anilines is 3. The van der Waals surface area contributed by atoms with Crippen molar-refractivity contribution in [2.45, 2.75) is 13.3 Å². The Hall–Kier alpha value is -2.34. The Labute approximate surface area is 186 Å². The molecular formula is C17H17Cl2N5O4S2. The second-order valence-corrected chi connectivity index (χ2v) is 9.58. The highest BCUT2D eigenvalue weighted by molar-refractivity contribution is 7.92. The monoisotopic (exact) mass is 489 g/mol. The summed E-state index contributed by atoms with van der Waals surface area (Å²) >= 11 is 13.7. The van der Waals surface area contributed by atoms with Crippen molar-refractivity contribution in [3.05, 3.63) is 33.1 Å². The minimum atomic E-state index is -3.58. The van der Waals surface area contributed by atoms with Crippen LogP contribution in [-0.4, -0.2) is 37.2 Å². The van der Waals surface area contributed by atoms with Crippen LogP contribution in [0.5, 0.6) is 5.88 Å². The molecule has 2 heterocycles. The van der Waals surface area contributed by atoms with E-state index in [9.17, 15) is 13.2 Å². The van der Waals surface area contributed by atoms with Crippen LogP contribution in [0.4, 0.5) is 17.3 Å². The van der Waals surface area contributed by atoms with Gasteiger partial charge in [-0.05, 0) is 18.6 Å². The number of fused-ring (bicyclic) bond motifs is 1. The quantitative estimate of drug-likeness (QED) is 0.456. The molecule has 1 amide bonds. The number of carbonyl (C=O) groups excluding carboxylic acids is 1. The molecule has 0 fully saturated rings. The topological polar surface area (TPSA) is 136 Å². The van der Waals surface area contributed by atoms with Crippen molar-refractivity contribution in [1.82, 2.24) is 9.97 Å². The Morgan fingerprint density at radius 1 is 1.30 bits per heavy atom. The SMILES string of the molecule is CCCS(=O)(=O)Nc1ccc(Cl)c(NC(=O)c2csc3c(OC)nc(N)nc23)c1Cl. The molecule has 13 heteroatoms. The van der Waals surface area contributed by atoms with Crippen LogP contribution < -0.4 is 20.5 Å². The summed E-state index contributed by atoms with van der Waals surface area (Å²) in [5, 5.41) is 4.29. The molecule has 4 N–H and O–H groups in total. The number of nitrogen functional groups attached to an aromatic ring is 1. The number of carbonyl (C=O) groups is 1. The molecular weight excluding hydrogens is 473 g/mol. The van der Waals surface area contributed by atoms with Crippen molar-refractivity contribution in [3.8, 4) is 5.88 Å². The van der Waals surface area contributed by atoms with E-state index in [2.05, 4.69) is 20.0 Å². The lowest BCUT2D eigenvalue weighted by Crippen LogP contribution is -2.17. The molecule has 0 radical (unpaired) electrons. The van der Waals surface area contributed by atoms with E-state index in [1.54, 1.807) is 12.3 Å². The largest absolute Gasteiger partial charge is 0.480 e. The number of nitrogens with zero attached hydrogens (tertiary/aromatic N) is 2. The highest BCUT2D eigenvalue weighted by Gasteiger charge is 2.22. The van der Waals surface area contributed by atoms with Gasteiger partial charge in [0.25, 0.3) is 5.91 Å². The van der Waals surface area contributed by atoms with Gasteiger partial charge in [0, 0.05) is 5.38 Å². The Bertz CT molecular complexity index is 1230. The zero-order valence-electron chi connectivity index (χ0n) is 15.8. The first-order valence-electron chi connectivity index (χ1n) is 8.55. The van der Waals surface area contributed by atoms with Gasteiger partial charge in [-0.15, -0.1) is 11.3 Å². The van der Waals surface area contributed by atoms with Crippen LogP contribution in [0.25, 0.3) is 10.2 Å². The van der Waals surface area contributed by atoms with Gasteiger partial charge in [0.2, 0.25) is 21.9 Å². The maximum Gasteiger partial charge on any atom is 0.258 e. The minimum Gasteiger partial charge on any atom is -0.480 e. The molecule has 0 atom stereocenters. The van der Waals surface area contributed by atoms with Crippen molar-refractivity contribution >= 4 is 78.0 Å². The smallest absolute Gasteiger partial charge is 0.258 e. The van der Waals surface area contributed by atoms with E-state index in [1.165, 1.54) is 30.6 Å². The molecule has 0 unspecified atom stereocenters. The van der Waals surface area contributed by atoms with Crippen molar-refractivity contribution < 1.29 is 17.9 Å². The van der Waals surface area contributed by atoms with E-state index in [1.807, 2.05) is 0 Å². The zero-order valence-corrected chi connectivity index (χ0v) is 19.0. The molecule has 2 aromatic heterocycles. The average molecular weight is 490 g/mol. The third-order valence-electron chi connectivity index (χ3n) is 3.91. The standard InChI is InChI=1S/C17H17Cl2N5O4S2/c1-3-6-30(26,27)24-10-5-4-9(18)13(11(10)19)21-15(25)8-7-29-14-12(8)22-17(20)23-16(14)28-2/h4-5,7,24H,3,6H2,1-2H3,(H,21,25)(H2,20,22,23). The van der Waals surface area contributed by atoms with E-state index in [0.717, 1.165) is 0 Å². The average Bonchev–Trinajstić information content (AvgIpc) is 3.10. The fourth-order valence-electron chi connectivity index (χ4n) is 2.62. The Morgan fingerprint density at radius 3 is 2.70 bits per heavy atom. The van der Waals surface area contributed by atoms with Gasteiger partial charge < -0.3 is 15.8 Å². The molecule has 9 nitrogen and oxygen atoms in total. The van der Waals surface area contributed by atoms with Crippen LogP contribution in [0.3, 0.4) is 0 Å². The molecule has 1 aromatic carbocycles. The number of halogens is 2. The summed E-state index contributed by atoms with van der Waals surface area (Å²) in [4.78, 5) is 21.0. The fraction of sp³-hybridized carbons (Fsp3) is 0.235. The zero-order chi connectivity index (χ0) is 22.1. The van der Waals surface area contributed by atoms with E-state index < -0.39 is 15.9 Å². The van der Waals surface area contributed by atoms with Crippen LogP contribution in [0, 0.1) is 0 Å². The molecule has 0 aliphatic carbocycles. The summed E-state index contributed by atoms with van der Waals surface area (Å²) in [5.41, 5.74) is 6.39. The van der Waals surface area contributed by atoms with Gasteiger partial charge in [0.1, 0.15) is 10.2 Å². The van der Waals surface area contributed by atoms with E-state index in [0.29, 0.717) is 16.6 Å². The van der Waals surface area contributed by atoms with Gasteiger partial charge in [-0.25, -0.2) is 13.4 Å². The van der Waals surface area contributed by atoms with Gasteiger partial charge in [0.05, 0.1) is 39.8 Å². The molecule has 0 aliphatic rings. The lowest BCUT2D eigenvalue weighted by molar-refractivity contribution is 0.102. The fourth-order valence-corrected chi connectivity index (χ4v) is 5.29. The van der Waals surface area contributed by atoms with Crippen LogP contribution >= 0.6 is 34.5 Å². The summed E-state index contributed by atoms with van der Waals surface area (Å²) in [6.07, 6.45) is 0.434. The van der Waals surface area contributed by atoms with E-state index >= 15 is 0 Å². The Kier molecular flexibility index (Phi) is 6.56. The molecule has 30 heavy (non-hydrogen) atoms. The van der Waals surface area contributed by atoms with Gasteiger partial charge in [-0.1, -0.05) is 30.1 Å². The molecule has 160 valence electrons. The predicted molar refractivity (Wildman–Crippen MR) is 120 cm³/mol. The third kappa shape index (κ3) is 4.53. The van der Waals surface area contributed by atoms with Gasteiger partial charge >= 0.3 is 0 Å². The predicted octanol–water partition coefficient (Wildman–Crippen LogP) is 3.99. The number of sulfonamides is 1. The molecule has 0 aliphatic heterocycles. The van der Waals surface area contributed by atoms with Gasteiger partial charge in [-0.2, -0.15) is 4.98 Å². The Morgan fingerprint density at radius 2 is 2.03 bits per heavy atom. The molecule has 0 bridgehead atoms. The van der Waals surface area contributed by atoms with Crippen molar-refractivity contribution in [2.75, 3.05) is 28.6 Å². The number of nitrogens with two attached hydrogens (primary N) is 1. The number of benzene rings is 1. The lowest BCUT2D eigenvalue weighted by atomic mass is 10.2. The summed E-state index contributed by atoms with van der Waals surface area (Å²) in [6.45, 7) is 1.74. The number of hydrogen-bond donors (Lipinski definition) is 3. The minimum absolute atomic E-state index is 0.0400. The number of rotatable bonds is 7. The molecule has 3 aromatic rings. The Balaban J connectivity index is 1.97. The first-order chi connectivity index (χ1) is 14.2. The van der Waals surface area contributed by atoms with Gasteiger partial charge in [0.15, 0.2) is 0 Å². The number of amides is 1. The molecule has 0 saturated carbocycles. The normalized spacial score (nSPS) is 11.5. The van der Waals surface area contributed by atoms with Crippen LogP contribution in [0.15, 0.2) is 17.5 Å². The lowest BCUT2D eigenvalue weighted by Gasteiger charge is -2.14. The summed E-state index contributed by atoms with van der Waals surface area (Å²) < 4.78 is 32.3. The number of aromatic nitrogens is 2. The summed E-state index contributed by atoms with van der Waals surface area (Å²) in [5.74, 6) is -0.420. The molecule has 0 saturated heterocycles. The number of thiophene rings is 1. The maximum absolute atomic E-state index is 12.9. The molecule has 0 spiro atoms. The van der Waals surface area contributed by atoms with Crippen molar-refractivity contribution in [1.29, 1.82) is 0 Å².